The number of anilines is 1. The fourth-order valence-corrected chi connectivity index (χ4v) is 3.63. The predicted molar refractivity (Wildman–Crippen MR) is 94.3 cm³/mol. The molecule has 0 spiro atoms. The van der Waals surface area contributed by atoms with Gasteiger partial charge in [0, 0.05) is 30.3 Å². The number of carbonyl (C=O) groups is 2. The van der Waals surface area contributed by atoms with Gasteiger partial charge in [0.25, 0.3) is 5.91 Å². The van der Waals surface area contributed by atoms with Crippen molar-refractivity contribution in [2.45, 2.75) is 44.2 Å². The van der Waals surface area contributed by atoms with Gasteiger partial charge in [0.2, 0.25) is 5.91 Å². The molecule has 7 heteroatoms. The van der Waals surface area contributed by atoms with Crippen LogP contribution in [0.5, 0.6) is 5.75 Å². The van der Waals surface area contributed by atoms with Crippen molar-refractivity contribution >= 4 is 29.9 Å². The molecule has 2 fully saturated rings. The molecule has 1 aromatic rings. The summed E-state index contributed by atoms with van der Waals surface area (Å²) in [7, 11) is 0. The molecule has 0 aromatic heterocycles. The first-order valence-electron chi connectivity index (χ1n) is 8.15. The SMILES string of the molecule is Cl.NC(=O)COc1cccc(NC(=O)CC2CC3CCC(C2)N3)c1. The molecule has 2 unspecified atom stereocenters. The second-order valence-electron chi connectivity index (χ2n) is 6.51. The molecule has 2 aliphatic rings. The van der Waals surface area contributed by atoms with Crippen LogP contribution in [0.25, 0.3) is 0 Å². The zero-order chi connectivity index (χ0) is 16.2. The Morgan fingerprint density at radius 2 is 1.96 bits per heavy atom. The van der Waals surface area contributed by atoms with Gasteiger partial charge in [0.1, 0.15) is 5.75 Å². The van der Waals surface area contributed by atoms with Crippen LogP contribution in [0.1, 0.15) is 32.1 Å². The van der Waals surface area contributed by atoms with Crippen LogP contribution in [-0.2, 0) is 9.59 Å². The van der Waals surface area contributed by atoms with Gasteiger partial charge < -0.3 is 21.1 Å². The molecule has 2 bridgehead atoms. The highest BCUT2D eigenvalue weighted by Crippen LogP contribution is 2.32. The average Bonchev–Trinajstić information content (AvgIpc) is 2.84. The van der Waals surface area contributed by atoms with Gasteiger partial charge in [0.15, 0.2) is 6.61 Å². The lowest BCUT2D eigenvalue weighted by molar-refractivity contribution is -0.120. The number of nitrogens with one attached hydrogen (secondary N) is 2. The van der Waals surface area contributed by atoms with Crippen molar-refractivity contribution in [3.05, 3.63) is 24.3 Å². The van der Waals surface area contributed by atoms with Gasteiger partial charge in [-0.05, 0) is 43.7 Å². The van der Waals surface area contributed by atoms with Gasteiger partial charge in [-0.1, -0.05) is 6.07 Å². The van der Waals surface area contributed by atoms with Gasteiger partial charge in [-0.25, -0.2) is 0 Å². The van der Waals surface area contributed by atoms with E-state index in [2.05, 4.69) is 10.6 Å². The molecule has 4 N–H and O–H groups in total. The minimum Gasteiger partial charge on any atom is -0.484 e. The number of fused-ring (bicyclic) bond motifs is 2. The third-order valence-electron chi connectivity index (χ3n) is 4.54. The Balaban J connectivity index is 0.00000208. The monoisotopic (exact) mass is 353 g/mol. The number of hydrogen-bond acceptors (Lipinski definition) is 4. The van der Waals surface area contributed by atoms with Crippen LogP contribution in [0.3, 0.4) is 0 Å². The number of carbonyl (C=O) groups excluding carboxylic acids is 2. The van der Waals surface area contributed by atoms with Gasteiger partial charge in [0.05, 0.1) is 0 Å². The summed E-state index contributed by atoms with van der Waals surface area (Å²) in [5.74, 6) is 0.480. The molecule has 132 valence electrons. The molecule has 2 amide bonds. The minimum absolute atomic E-state index is 0. The van der Waals surface area contributed by atoms with Crippen LogP contribution in [0.2, 0.25) is 0 Å². The van der Waals surface area contributed by atoms with Crippen LogP contribution in [0.4, 0.5) is 5.69 Å². The number of halogens is 1. The summed E-state index contributed by atoms with van der Waals surface area (Å²) in [4.78, 5) is 23.0. The Morgan fingerprint density at radius 3 is 2.62 bits per heavy atom. The smallest absolute Gasteiger partial charge is 0.255 e. The van der Waals surface area contributed by atoms with E-state index in [0.29, 0.717) is 35.9 Å². The summed E-state index contributed by atoms with van der Waals surface area (Å²) in [6.45, 7) is -0.171. The number of hydrogen-bond donors (Lipinski definition) is 3. The molecule has 2 aliphatic heterocycles. The van der Waals surface area contributed by atoms with Crippen LogP contribution in [-0.4, -0.2) is 30.5 Å². The zero-order valence-electron chi connectivity index (χ0n) is 13.5. The van der Waals surface area contributed by atoms with Crippen LogP contribution in [0, 0.1) is 5.92 Å². The quantitative estimate of drug-likeness (QED) is 0.727. The first-order chi connectivity index (χ1) is 11.1. The van der Waals surface area contributed by atoms with E-state index >= 15 is 0 Å². The second kappa shape index (κ2) is 8.35. The summed E-state index contributed by atoms with van der Waals surface area (Å²) in [5.41, 5.74) is 5.73. The van der Waals surface area contributed by atoms with Gasteiger partial charge in [-0.15, -0.1) is 12.4 Å². The maximum absolute atomic E-state index is 12.2. The summed E-state index contributed by atoms with van der Waals surface area (Å²) in [5, 5.41) is 6.50. The topological polar surface area (TPSA) is 93.5 Å². The maximum atomic E-state index is 12.2. The number of amides is 2. The van der Waals surface area contributed by atoms with Crippen molar-refractivity contribution < 1.29 is 14.3 Å². The average molecular weight is 354 g/mol. The van der Waals surface area contributed by atoms with Crippen molar-refractivity contribution in [2.24, 2.45) is 11.7 Å². The standard InChI is InChI=1S/C17H23N3O3.ClH/c18-16(21)10-23-15-3-1-2-12(9-15)20-17(22)8-11-6-13-4-5-14(7-11)19-13;/h1-3,9,11,13-14,19H,4-8,10H2,(H2,18,21)(H,20,22);1H. The third kappa shape index (κ3) is 5.11. The van der Waals surface area contributed by atoms with Crippen molar-refractivity contribution in [2.75, 3.05) is 11.9 Å². The molecule has 0 radical (unpaired) electrons. The normalized spacial score (nSPS) is 24.8. The van der Waals surface area contributed by atoms with E-state index in [4.69, 9.17) is 10.5 Å². The second-order valence-corrected chi connectivity index (χ2v) is 6.51. The lowest BCUT2D eigenvalue weighted by Crippen LogP contribution is -2.39. The molecule has 3 rings (SSSR count). The predicted octanol–water partition coefficient (Wildman–Crippen LogP) is 1.83. The van der Waals surface area contributed by atoms with E-state index < -0.39 is 5.91 Å². The highest BCUT2D eigenvalue weighted by Gasteiger charge is 2.34. The summed E-state index contributed by atoms with van der Waals surface area (Å²) < 4.78 is 5.24. The Hall–Kier alpha value is -1.79. The maximum Gasteiger partial charge on any atom is 0.255 e. The molecule has 0 aliphatic carbocycles. The number of piperidine rings is 1. The largest absolute Gasteiger partial charge is 0.484 e. The number of ether oxygens (including phenoxy) is 1. The van der Waals surface area contributed by atoms with Crippen molar-refractivity contribution in [3.8, 4) is 5.75 Å². The Morgan fingerprint density at radius 1 is 1.25 bits per heavy atom. The Labute approximate surface area is 147 Å². The highest BCUT2D eigenvalue weighted by molar-refractivity contribution is 5.91. The number of benzene rings is 1. The molecule has 2 atom stereocenters. The number of rotatable bonds is 6. The van der Waals surface area contributed by atoms with Crippen molar-refractivity contribution in [1.29, 1.82) is 0 Å². The fourth-order valence-electron chi connectivity index (χ4n) is 3.63. The molecule has 24 heavy (non-hydrogen) atoms. The molecular formula is C17H24ClN3O3. The fraction of sp³-hybridized carbons (Fsp3) is 0.529. The van der Waals surface area contributed by atoms with Gasteiger partial charge >= 0.3 is 0 Å². The van der Waals surface area contributed by atoms with Crippen molar-refractivity contribution in [1.82, 2.24) is 5.32 Å². The molecular weight excluding hydrogens is 330 g/mol. The molecule has 6 nitrogen and oxygen atoms in total. The first kappa shape index (κ1) is 18.5. The lowest BCUT2D eigenvalue weighted by Gasteiger charge is -2.28. The minimum atomic E-state index is -0.528. The van der Waals surface area contributed by atoms with Crippen molar-refractivity contribution in [3.63, 3.8) is 0 Å². The van der Waals surface area contributed by atoms with E-state index in [0.717, 1.165) is 12.8 Å². The Kier molecular flexibility index (Phi) is 6.45. The zero-order valence-corrected chi connectivity index (χ0v) is 14.3. The highest BCUT2D eigenvalue weighted by atomic mass is 35.5. The molecule has 2 saturated heterocycles. The van der Waals surface area contributed by atoms with Crippen LogP contribution in [0.15, 0.2) is 24.3 Å². The van der Waals surface area contributed by atoms with E-state index in [9.17, 15) is 9.59 Å². The summed E-state index contributed by atoms with van der Waals surface area (Å²) in [6.07, 6.45) is 5.21. The Bertz CT molecular complexity index is 584. The van der Waals surface area contributed by atoms with E-state index in [1.54, 1.807) is 24.3 Å². The lowest BCUT2D eigenvalue weighted by atomic mass is 9.89. The van der Waals surface area contributed by atoms with Crippen LogP contribution < -0.4 is 21.1 Å². The molecule has 1 aromatic carbocycles. The van der Waals surface area contributed by atoms with Gasteiger partial charge in [-0.3, -0.25) is 9.59 Å². The first-order valence-corrected chi connectivity index (χ1v) is 8.15. The molecule has 0 saturated carbocycles. The third-order valence-corrected chi connectivity index (χ3v) is 4.54. The number of nitrogens with two attached hydrogens (primary N) is 1. The number of primary amides is 1. The van der Waals surface area contributed by atoms with E-state index in [-0.39, 0.29) is 24.9 Å². The summed E-state index contributed by atoms with van der Waals surface area (Å²) in [6, 6.07) is 8.20. The van der Waals surface area contributed by atoms with Crippen LogP contribution >= 0.6 is 12.4 Å². The van der Waals surface area contributed by atoms with E-state index in [1.165, 1.54) is 12.8 Å². The van der Waals surface area contributed by atoms with Gasteiger partial charge in [-0.2, -0.15) is 0 Å². The van der Waals surface area contributed by atoms with E-state index in [1.807, 2.05) is 0 Å². The molecule has 2 heterocycles. The summed E-state index contributed by atoms with van der Waals surface area (Å²) >= 11 is 0.